The van der Waals surface area contributed by atoms with E-state index in [-0.39, 0.29) is 0 Å². The first kappa shape index (κ1) is 12.2. The molecule has 1 aliphatic heterocycles. The Kier molecular flexibility index (Phi) is 4.26. The number of hydrogen-bond acceptors (Lipinski definition) is 3. The highest BCUT2D eigenvalue weighted by molar-refractivity contribution is 5.58. The number of nitrogens with two attached hydrogens (primary N) is 1. The number of rotatable bonds is 4. The van der Waals surface area contributed by atoms with Crippen LogP contribution in [0.3, 0.4) is 0 Å². The Morgan fingerprint density at radius 1 is 1.41 bits per heavy atom. The fourth-order valence-corrected chi connectivity index (χ4v) is 2.16. The fraction of sp³-hybridized carbons (Fsp3) is 0.571. The topological polar surface area (TPSA) is 47.3 Å². The molecule has 1 unspecified atom stereocenters. The molecule has 0 spiro atoms. The van der Waals surface area contributed by atoms with Gasteiger partial charge in [0.05, 0.1) is 6.10 Å². The summed E-state index contributed by atoms with van der Waals surface area (Å²) in [7, 11) is 0. The lowest BCUT2D eigenvalue weighted by Gasteiger charge is -2.22. The molecule has 0 saturated carbocycles. The molecule has 94 valence electrons. The summed E-state index contributed by atoms with van der Waals surface area (Å²) in [5, 5.41) is 3.40. The molecule has 0 radical (unpaired) electrons. The third-order valence-electron chi connectivity index (χ3n) is 3.35. The van der Waals surface area contributed by atoms with E-state index < -0.39 is 0 Å². The summed E-state index contributed by atoms with van der Waals surface area (Å²) in [4.78, 5) is 0. The first-order chi connectivity index (χ1) is 8.25. The molecule has 1 aromatic carbocycles. The van der Waals surface area contributed by atoms with Gasteiger partial charge in [-0.15, -0.1) is 0 Å². The van der Waals surface area contributed by atoms with Crippen LogP contribution in [0.4, 0.5) is 11.4 Å². The van der Waals surface area contributed by atoms with Gasteiger partial charge in [-0.05, 0) is 50.3 Å². The average molecular weight is 234 g/mol. The van der Waals surface area contributed by atoms with Crippen LogP contribution >= 0.6 is 0 Å². The maximum atomic E-state index is 5.87. The zero-order chi connectivity index (χ0) is 12.1. The minimum Gasteiger partial charge on any atom is -0.398 e. The van der Waals surface area contributed by atoms with Gasteiger partial charge >= 0.3 is 0 Å². The lowest BCUT2D eigenvalue weighted by Crippen LogP contribution is -2.22. The highest BCUT2D eigenvalue weighted by Gasteiger charge is 2.12. The molecule has 1 aromatic rings. The largest absolute Gasteiger partial charge is 0.398 e. The monoisotopic (exact) mass is 234 g/mol. The van der Waals surface area contributed by atoms with Crippen LogP contribution < -0.4 is 11.1 Å². The van der Waals surface area contributed by atoms with Crippen molar-refractivity contribution in [3.8, 4) is 0 Å². The highest BCUT2D eigenvalue weighted by Crippen LogP contribution is 2.18. The zero-order valence-electron chi connectivity index (χ0n) is 10.5. The van der Waals surface area contributed by atoms with Gasteiger partial charge in [-0.1, -0.05) is 6.07 Å². The van der Waals surface area contributed by atoms with E-state index in [4.69, 9.17) is 10.5 Å². The predicted octanol–water partition coefficient (Wildman–Crippen LogP) is 2.95. The first-order valence-corrected chi connectivity index (χ1v) is 6.47. The van der Waals surface area contributed by atoms with E-state index in [9.17, 15) is 0 Å². The van der Waals surface area contributed by atoms with E-state index in [1.165, 1.54) is 19.3 Å². The first-order valence-electron chi connectivity index (χ1n) is 6.47. The van der Waals surface area contributed by atoms with Gasteiger partial charge in [0.15, 0.2) is 0 Å². The Balaban J connectivity index is 1.75. The number of nitrogen functional groups attached to an aromatic ring is 1. The van der Waals surface area contributed by atoms with Crippen molar-refractivity contribution in [1.82, 2.24) is 0 Å². The number of benzene rings is 1. The van der Waals surface area contributed by atoms with Crippen molar-refractivity contribution in [1.29, 1.82) is 0 Å². The Morgan fingerprint density at radius 3 is 3.00 bits per heavy atom. The quantitative estimate of drug-likeness (QED) is 0.787. The lowest BCUT2D eigenvalue weighted by molar-refractivity contribution is 0.0134. The molecule has 1 heterocycles. The van der Waals surface area contributed by atoms with Crippen LogP contribution in [0.15, 0.2) is 18.2 Å². The third-order valence-corrected chi connectivity index (χ3v) is 3.35. The molecule has 0 aliphatic carbocycles. The van der Waals surface area contributed by atoms with Crippen molar-refractivity contribution in [2.24, 2.45) is 0 Å². The van der Waals surface area contributed by atoms with Crippen LogP contribution in [0.5, 0.6) is 0 Å². The van der Waals surface area contributed by atoms with Crippen LogP contribution in [0.25, 0.3) is 0 Å². The van der Waals surface area contributed by atoms with Crippen molar-refractivity contribution in [2.45, 2.75) is 38.7 Å². The standard InChI is InChI=1S/C14H22N2O/c1-11-5-6-12(10-14(11)15)16-8-7-13-4-2-3-9-17-13/h5-6,10,13,16H,2-4,7-9,15H2,1H3. The van der Waals surface area contributed by atoms with Crippen molar-refractivity contribution < 1.29 is 4.74 Å². The SMILES string of the molecule is Cc1ccc(NCCC2CCCCO2)cc1N. The smallest absolute Gasteiger partial charge is 0.0591 e. The maximum absolute atomic E-state index is 5.87. The van der Waals surface area contributed by atoms with Gasteiger partial charge in [0.2, 0.25) is 0 Å². The summed E-state index contributed by atoms with van der Waals surface area (Å²) >= 11 is 0. The van der Waals surface area contributed by atoms with Crippen LogP contribution in [0, 0.1) is 6.92 Å². The molecule has 17 heavy (non-hydrogen) atoms. The van der Waals surface area contributed by atoms with E-state index >= 15 is 0 Å². The minimum absolute atomic E-state index is 0.444. The van der Waals surface area contributed by atoms with Crippen molar-refractivity contribution in [3.63, 3.8) is 0 Å². The van der Waals surface area contributed by atoms with Gasteiger partial charge < -0.3 is 15.8 Å². The van der Waals surface area contributed by atoms with Gasteiger partial charge in [-0.3, -0.25) is 0 Å². The molecule has 1 atom stereocenters. The normalized spacial score (nSPS) is 20.2. The van der Waals surface area contributed by atoms with Gasteiger partial charge in [-0.2, -0.15) is 0 Å². The van der Waals surface area contributed by atoms with E-state index in [0.717, 1.165) is 36.5 Å². The predicted molar refractivity (Wildman–Crippen MR) is 72.3 cm³/mol. The van der Waals surface area contributed by atoms with Crippen LogP contribution in [0.2, 0.25) is 0 Å². The van der Waals surface area contributed by atoms with E-state index in [2.05, 4.69) is 17.4 Å². The molecule has 0 bridgehead atoms. The van der Waals surface area contributed by atoms with Crippen molar-refractivity contribution in [2.75, 3.05) is 24.2 Å². The molecule has 2 rings (SSSR count). The second kappa shape index (κ2) is 5.92. The molecular formula is C14H22N2O. The van der Waals surface area contributed by atoms with Gasteiger partial charge in [0.25, 0.3) is 0 Å². The summed E-state index contributed by atoms with van der Waals surface area (Å²) < 4.78 is 5.69. The molecular weight excluding hydrogens is 212 g/mol. The van der Waals surface area contributed by atoms with E-state index in [0.29, 0.717) is 6.10 Å². The second-order valence-electron chi connectivity index (χ2n) is 4.78. The number of anilines is 2. The number of nitrogens with one attached hydrogen (secondary N) is 1. The number of hydrogen-bond donors (Lipinski definition) is 2. The molecule has 1 aliphatic rings. The zero-order valence-corrected chi connectivity index (χ0v) is 10.5. The van der Waals surface area contributed by atoms with Crippen molar-refractivity contribution in [3.05, 3.63) is 23.8 Å². The fourth-order valence-electron chi connectivity index (χ4n) is 2.16. The summed E-state index contributed by atoms with van der Waals surface area (Å²) in [6.45, 7) is 3.91. The Labute approximate surface area is 103 Å². The third kappa shape index (κ3) is 3.63. The molecule has 0 amide bonds. The molecule has 3 heteroatoms. The maximum Gasteiger partial charge on any atom is 0.0591 e. The average Bonchev–Trinajstić information content (AvgIpc) is 2.35. The van der Waals surface area contributed by atoms with Crippen LogP contribution in [0.1, 0.15) is 31.2 Å². The van der Waals surface area contributed by atoms with E-state index in [1.54, 1.807) is 0 Å². The van der Waals surface area contributed by atoms with Gasteiger partial charge in [0.1, 0.15) is 0 Å². The Bertz CT molecular complexity index is 359. The Morgan fingerprint density at radius 2 is 2.29 bits per heavy atom. The second-order valence-corrected chi connectivity index (χ2v) is 4.78. The van der Waals surface area contributed by atoms with Crippen molar-refractivity contribution >= 4 is 11.4 Å². The summed E-state index contributed by atoms with van der Waals surface area (Å²) in [5.74, 6) is 0. The van der Waals surface area contributed by atoms with Gasteiger partial charge in [-0.25, -0.2) is 0 Å². The summed E-state index contributed by atoms with van der Waals surface area (Å²) in [5.41, 5.74) is 8.95. The Hall–Kier alpha value is -1.22. The molecule has 3 nitrogen and oxygen atoms in total. The molecule has 0 aromatic heterocycles. The van der Waals surface area contributed by atoms with Crippen LogP contribution in [-0.4, -0.2) is 19.3 Å². The number of aryl methyl sites for hydroxylation is 1. The lowest BCUT2D eigenvalue weighted by atomic mass is 10.1. The minimum atomic E-state index is 0.444. The highest BCUT2D eigenvalue weighted by atomic mass is 16.5. The van der Waals surface area contributed by atoms with E-state index in [1.807, 2.05) is 13.0 Å². The molecule has 3 N–H and O–H groups in total. The van der Waals surface area contributed by atoms with Gasteiger partial charge in [0, 0.05) is 24.5 Å². The summed E-state index contributed by atoms with van der Waals surface area (Å²) in [6.07, 6.45) is 5.26. The molecule has 1 fully saturated rings. The van der Waals surface area contributed by atoms with Crippen LogP contribution in [-0.2, 0) is 4.74 Å². The molecule has 1 saturated heterocycles. The summed E-state index contributed by atoms with van der Waals surface area (Å²) in [6, 6.07) is 6.12. The number of ether oxygens (including phenoxy) is 1.